The van der Waals surface area contributed by atoms with E-state index >= 15 is 0 Å². The molecular weight excluding hydrogens is 240 g/mol. The van der Waals surface area contributed by atoms with Crippen molar-refractivity contribution in [3.05, 3.63) is 60.2 Å². The number of carboxylic acid groups (broad SMARTS) is 1. The molecule has 0 unspecified atom stereocenters. The number of carboxylic acids is 1. The number of fused-ring (bicyclic) bond motifs is 2. The maximum Gasteiger partial charge on any atom is 0.337 e. The van der Waals surface area contributed by atoms with Gasteiger partial charge in [-0.15, -0.1) is 0 Å². The maximum absolute atomic E-state index is 11.1. The molecule has 0 saturated heterocycles. The van der Waals surface area contributed by atoms with Crippen LogP contribution < -0.4 is 0 Å². The molecule has 0 radical (unpaired) electrons. The molecule has 0 bridgehead atoms. The van der Waals surface area contributed by atoms with E-state index in [1.54, 1.807) is 0 Å². The fourth-order valence-electron chi connectivity index (χ4n) is 2.47. The molecule has 3 rings (SSSR count). The van der Waals surface area contributed by atoms with Crippen LogP contribution in [0, 0.1) is 0 Å². The molecule has 19 heavy (non-hydrogen) atoms. The highest BCUT2D eigenvalue weighted by atomic mass is 16.4. The van der Waals surface area contributed by atoms with Crippen molar-refractivity contribution in [3.8, 4) is 0 Å². The molecule has 0 amide bonds. The van der Waals surface area contributed by atoms with Crippen LogP contribution >= 0.6 is 0 Å². The molecule has 2 N–H and O–H groups in total. The van der Waals surface area contributed by atoms with Crippen molar-refractivity contribution in [1.29, 1.82) is 0 Å². The number of aliphatic hydroxyl groups is 1. The molecule has 0 aliphatic carbocycles. The first-order valence-electron chi connectivity index (χ1n) is 6.00. The Labute approximate surface area is 109 Å². The fraction of sp³-hybridized carbons (Fsp3) is 0.0625. The number of carbonyl (C=O) groups is 1. The maximum atomic E-state index is 11.1. The zero-order valence-electron chi connectivity index (χ0n) is 10.1. The largest absolute Gasteiger partial charge is 0.479 e. The Balaban J connectivity index is 2.49. The van der Waals surface area contributed by atoms with E-state index in [1.807, 2.05) is 54.6 Å². The number of aliphatic hydroxyl groups excluding tert-OH is 1. The average Bonchev–Trinajstić information content (AvgIpc) is 2.43. The molecule has 0 aliphatic heterocycles. The summed E-state index contributed by atoms with van der Waals surface area (Å²) in [5.41, 5.74) is 0.459. The summed E-state index contributed by atoms with van der Waals surface area (Å²) in [5, 5.41) is 22.5. The predicted octanol–water partition coefficient (Wildman–Crippen LogP) is 3.11. The van der Waals surface area contributed by atoms with Gasteiger partial charge in [0.2, 0.25) is 0 Å². The van der Waals surface area contributed by atoms with E-state index in [2.05, 4.69) is 0 Å². The van der Waals surface area contributed by atoms with Crippen molar-refractivity contribution < 1.29 is 15.0 Å². The van der Waals surface area contributed by atoms with Crippen molar-refractivity contribution in [2.45, 2.75) is 6.10 Å². The molecule has 3 nitrogen and oxygen atoms in total. The Morgan fingerprint density at radius 1 is 0.895 bits per heavy atom. The molecule has 0 spiro atoms. The van der Waals surface area contributed by atoms with Crippen molar-refractivity contribution in [1.82, 2.24) is 0 Å². The van der Waals surface area contributed by atoms with E-state index in [9.17, 15) is 9.90 Å². The third-order valence-electron chi connectivity index (χ3n) is 3.32. The van der Waals surface area contributed by atoms with Crippen LogP contribution in [0.3, 0.4) is 0 Å². The van der Waals surface area contributed by atoms with Crippen molar-refractivity contribution in [2.24, 2.45) is 0 Å². The third kappa shape index (κ3) is 1.84. The molecule has 0 aliphatic rings. The molecule has 3 aromatic carbocycles. The molecule has 3 heteroatoms. The van der Waals surface area contributed by atoms with Crippen LogP contribution in [0.25, 0.3) is 21.5 Å². The molecule has 0 heterocycles. The topological polar surface area (TPSA) is 57.5 Å². The average molecular weight is 252 g/mol. The highest BCUT2D eigenvalue weighted by Gasteiger charge is 2.21. The predicted molar refractivity (Wildman–Crippen MR) is 74.0 cm³/mol. The summed E-state index contributed by atoms with van der Waals surface area (Å²) in [6.45, 7) is 0. The van der Waals surface area contributed by atoms with Crippen LogP contribution in [0.5, 0.6) is 0 Å². The number of aliphatic carboxylic acids is 1. The van der Waals surface area contributed by atoms with Gasteiger partial charge in [-0.2, -0.15) is 0 Å². The molecular formula is C16H12O3. The van der Waals surface area contributed by atoms with E-state index in [0.29, 0.717) is 5.56 Å². The lowest BCUT2D eigenvalue weighted by molar-refractivity contribution is -0.146. The third-order valence-corrected chi connectivity index (χ3v) is 3.32. The first-order chi connectivity index (χ1) is 9.18. The second-order valence-electron chi connectivity index (χ2n) is 4.47. The minimum Gasteiger partial charge on any atom is -0.479 e. The summed E-state index contributed by atoms with van der Waals surface area (Å²) >= 11 is 0. The van der Waals surface area contributed by atoms with E-state index in [-0.39, 0.29) is 0 Å². The number of hydrogen-bond donors (Lipinski definition) is 2. The minimum atomic E-state index is -1.52. The van der Waals surface area contributed by atoms with Gasteiger partial charge < -0.3 is 10.2 Å². The van der Waals surface area contributed by atoms with Gasteiger partial charge in [0.25, 0.3) is 0 Å². The Bertz CT molecular complexity index is 723. The van der Waals surface area contributed by atoms with E-state index < -0.39 is 12.1 Å². The van der Waals surface area contributed by atoms with Crippen LogP contribution in [0.15, 0.2) is 54.6 Å². The number of hydrogen-bond acceptors (Lipinski definition) is 2. The van der Waals surface area contributed by atoms with Crippen molar-refractivity contribution in [3.63, 3.8) is 0 Å². The van der Waals surface area contributed by atoms with Gasteiger partial charge in [0.1, 0.15) is 0 Å². The van der Waals surface area contributed by atoms with Gasteiger partial charge in [-0.1, -0.05) is 48.5 Å². The molecule has 1 atom stereocenters. The van der Waals surface area contributed by atoms with E-state index in [0.717, 1.165) is 21.5 Å². The summed E-state index contributed by atoms with van der Waals surface area (Å²) in [6, 6.07) is 17.0. The molecule has 0 saturated carbocycles. The number of rotatable bonds is 2. The van der Waals surface area contributed by atoms with Gasteiger partial charge >= 0.3 is 5.97 Å². The molecule has 94 valence electrons. The summed E-state index contributed by atoms with van der Waals surface area (Å²) in [5.74, 6) is -1.23. The lowest BCUT2D eigenvalue weighted by Crippen LogP contribution is -2.11. The monoisotopic (exact) mass is 252 g/mol. The van der Waals surface area contributed by atoms with Crippen LogP contribution in [0.4, 0.5) is 0 Å². The summed E-state index contributed by atoms with van der Waals surface area (Å²) in [4.78, 5) is 11.1. The smallest absolute Gasteiger partial charge is 0.337 e. The molecule has 0 fully saturated rings. The normalized spacial score (nSPS) is 12.7. The van der Waals surface area contributed by atoms with Gasteiger partial charge in [-0.25, -0.2) is 4.79 Å². The van der Waals surface area contributed by atoms with Crippen LogP contribution in [0.2, 0.25) is 0 Å². The lowest BCUT2D eigenvalue weighted by Gasteiger charge is -2.14. The second-order valence-corrected chi connectivity index (χ2v) is 4.47. The first-order valence-corrected chi connectivity index (χ1v) is 6.00. The van der Waals surface area contributed by atoms with Crippen LogP contribution in [-0.2, 0) is 4.79 Å². The Hall–Kier alpha value is -2.39. The molecule has 3 aromatic rings. The van der Waals surface area contributed by atoms with Gasteiger partial charge in [-0.05, 0) is 27.6 Å². The standard InChI is InChI=1S/C16H12O3/c17-15(16(18)19)14-12-7-3-1-5-10(12)9-11-6-2-4-8-13(11)14/h1-9,15,17H,(H,18,19)/t15-/m1/s1. The highest BCUT2D eigenvalue weighted by molar-refractivity contribution is 6.04. The van der Waals surface area contributed by atoms with E-state index in [1.165, 1.54) is 0 Å². The summed E-state index contributed by atoms with van der Waals surface area (Å²) in [6.07, 6.45) is -1.52. The van der Waals surface area contributed by atoms with Gasteiger partial charge in [-0.3, -0.25) is 0 Å². The Kier molecular flexibility index (Phi) is 2.69. The zero-order valence-corrected chi connectivity index (χ0v) is 10.1. The zero-order chi connectivity index (χ0) is 13.4. The van der Waals surface area contributed by atoms with Gasteiger partial charge in [0, 0.05) is 5.56 Å². The Morgan fingerprint density at radius 3 is 1.84 bits per heavy atom. The minimum absolute atomic E-state index is 0.459. The summed E-state index contributed by atoms with van der Waals surface area (Å²) < 4.78 is 0. The first kappa shape index (κ1) is 11.7. The molecule has 0 aromatic heterocycles. The van der Waals surface area contributed by atoms with Crippen molar-refractivity contribution in [2.75, 3.05) is 0 Å². The quantitative estimate of drug-likeness (QED) is 0.689. The number of benzene rings is 3. The van der Waals surface area contributed by atoms with Crippen LogP contribution in [0.1, 0.15) is 11.7 Å². The highest BCUT2D eigenvalue weighted by Crippen LogP contribution is 2.32. The lowest BCUT2D eigenvalue weighted by atomic mass is 9.93. The van der Waals surface area contributed by atoms with Crippen LogP contribution in [-0.4, -0.2) is 16.2 Å². The fourth-order valence-corrected chi connectivity index (χ4v) is 2.47. The second kappa shape index (κ2) is 4.37. The SMILES string of the molecule is O=C(O)[C@H](O)c1c2ccccc2cc2ccccc12. The summed E-state index contributed by atoms with van der Waals surface area (Å²) in [7, 11) is 0. The van der Waals surface area contributed by atoms with Crippen molar-refractivity contribution >= 4 is 27.5 Å². The van der Waals surface area contributed by atoms with Gasteiger partial charge in [0.15, 0.2) is 6.10 Å². The van der Waals surface area contributed by atoms with E-state index in [4.69, 9.17) is 5.11 Å². The van der Waals surface area contributed by atoms with Gasteiger partial charge in [0.05, 0.1) is 0 Å². The Morgan fingerprint density at radius 2 is 1.37 bits per heavy atom.